The Morgan fingerprint density at radius 2 is 1.90 bits per heavy atom. The number of thioether (sulfide) groups is 1. The quantitative estimate of drug-likeness (QED) is 0.291. The van der Waals surface area contributed by atoms with Gasteiger partial charge < -0.3 is 4.57 Å². The highest BCUT2D eigenvalue weighted by atomic mass is 32.2. The molecule has 0 aliphatic rings. The molecule has 0 saturated heterocycles. The Morgan fingerprint density at radius 1 is 1.07 bits per heavy atom. The molecular formula is C22H19N5OS. The van der Waals surface area contributed by atoms with E-state index >= 15 is 0 Å². The van der Waals surface area contributed by atoms with Crippen molar-refractivity contribution in [3.05, 3.63) is 90.3 Å². The molecule has 7 heteroatoms. The molecule has 2 aromatic carbocycles. The van der Waals surface area contributed by atoms with Gasteiger partial charge in [-0.15, -0.1) is 0 Å². The molecule has 144 valence electrons. The van der Waals surface area contributed by atoms with Gasteiger partial charge in [-0.1, -0.05) is 60.3 Å². The van der Waals surface area contributed by atoms with Crippen molar-refractivity contribution in [2.24, 2.45) is 5.10 Å². The molecule has 2 heterocycles. The van der Waals surface area contributed by atoms with Gasteiger partial charge in [-0.05, 0) is 23.8 Å². The molecule has 0 fully saturated rings. The van der Waals surface area contributed by atoms with Crippen LogP contribution in [0, 0.1) is 0 Å². The first kappa shape index (κ1) is 18.9. The average molecular weight is 401 g/mol. The average Bonchev–Trinajstić information content (AvgIpc) is 3.11. The van der Waals surface area contributed by atoms with Crippen LogP contribution in [0.2, 0.25) is 0 Å². The highest BCUT2D eigenvalue weighted by Gasteiger charge is 2.13. The standard InChI is InChI=1S/C22H19N5OS/c28-21(26-24-14-18-9-6-12-23-13-18)16-29-22-25-19-10-4-5-11-20(19)27(22)15-17-7-2-1-3-8-17/h1-14H,15-16H2,(H,26,28)/b24-14-. The van der Waals surface area contributed by atoms with Gasteiger partial charge in [0.2, 0.25) is 0 Å². The lowest BCUT2D eigenvalue weighted by atomic mass is 10.2. The van der Waals surface area contributed by atoms with Gasteiger partial charge >= 0.3 is 0 Å². The number of carbonyl (C=O) groups is 1. The third kappa shape index (κ3) is 4.89. The maximum absolute atomic E-state index is 12.2. The lowest BCUT2D eigenvalue weighted by molar-refractivity contribution is -0.118. The number of amides is 1. The van der Waals surface area contributed by atoms with E-state index < -0.39 is 0 Å². The van der Waals surface area contributed by atoms with E-state index in [0.717, 1.165) is 21.8 Å². The number of fused-ring (bicyclic) bond motifs is 1. The Morgan fingerprint density at radius 3 is 2.72 bits per heavy atom. The molecule has 2 aromatic heterocycles. The summed E-state index contributed by atoms with van der Waals surface area (Å²) in [5.74, 6) is 0.0381. The highest BCUT2D eigenvalue weighted by Crippen LogP contribution is 2.25. The van der Waals surface area contributed by atoms with E-state index in [0.29, 0.717) is 6.54 Å². The van der Waals surface area contributed by atoms with Gasteiger partial charge in [0.15, 0.2) is 5.16 Å². The van der Waals surface area contributed by atoms with Crippen molar-refractivity contribution < 1.29 is 4.79 Å². The summed E-state index contributed by atoms with van der Waals surface area (Å²) in [6.45, 7) is 0.699. The highest BCUT2D eigenvalue weighted by molar-refractivity contribution is 7.99. The third-order valence-corrected chi connectivity index (χ3v) is 5.20. The second-order valence-electron chi connectivity index (χ2n) is 6.32. The summed E-state index contributed by atoms with van der Waals surface area (Å²) < 4.78 is 2.14. The van der Waals surface area contributed by atoms with Crippen LogP contribution in [-0.4, -0.2) is 32.4 Å². The lowest BCUT2D eigenvalue weighted by Gasteiger charge is -2.09. The fourth-order valence-corrected chi connectivity index (χ4v) is 3.68. The summed E-state index contributed by atoms with van der Waals surface area (Å²) in [6, 6.07) is 21.9. The van der Waals surface area contributed by atoms with E-state index in [1.807, 2.05) is 54.6 Å². The fourth-order valence-electron chi connectivity index (χ4n) is 2.88. The number of para-hydroxylation sites is 2. The minimum Gasteiger partial charge on any atom is -0.314 e. The van der Waals surface area contributed by atoms with Crippen LogP contribution in [0.15, 0.2) is 89.4 Å². The first-order chi connectivity index (χ1) is 14.3. The molecule has 1 amide bonds. The number of imidazole rings is 1. The largest absolute Gasteiger partial charge is 0.314 e. The molecule has 0 unspecified atom stereocenters. The van der Waals surface area contributed by atoms with Crippen molar-refractivity contribution in [1.82, 2.24) is 20.0 Å². The van der Waals surface area contributed by atoms with Crippen molar-refractivity contribution in [3.8, 4) is 0 Å². The smallest absolute Gasteiger partial charge is 0.250 e. The predicted octanol–water partition coefficient (Wildman–Crippen LogP) is 3.72. The lowest BCUT2D eigenvalue weighted by Crippen LogP contribution is -2.20. The van der Waals surface area contributed by atoms with E-state index in [2.05, 4.69) is 32.2 Å². The van der Waals surface area contributed by atoms with Crippen LogP contribution in [0.25, 0.3) is 11.0 Å². The van der Waals surface area contributed by atoms with Crippen LogP contribution in [0.3, 0.4) is 0 Å². The van der Waals surface area contributed by atoms with Gasteiger partial charge in [0.25, 0.3) is 5.91 Å². The van der Waals surface area contributed by atoms with Crippen molar-refractivity contribution in [1.29, 1.82) is 0 Å². The zero-order valence-electron chi connectivity index (χ0n) is 15.6. The van der Waals surface area contributed by atoms with E-state index in [4.69, 9.17) is 4.98 Å². The maximum Gasteiger partial charge on any atom is 0.250 e. The Balaban J connectivity index is 1.45. The first-order valence-electron chi connectivity index (χ1n) is 9.13. The number of aromatic nitrogens is 3. The second kappa shape index (κ2) is 9.16. The summed E-state index contributed by atoms with van der Waals surface area (Å²) in [7, 11) is 0. The Hall–Kier alpha value is -3.45. The van der Waals surface area contributed by atoms with Crippen molar-refractivity contribution in [2.45, 2.75) is 11.7 Å². The van der Waals surface area contributed by atoms with Crippen LogP contribution >= 0.6 is 11.8 Å². The molecule has 29 heavy (non-hydrogen) atoms. The summed E-state index contributed by atoms with van der Waals surface area (Å²) in [5.41, 5.74) is 6.52. The number of nitrogens with zero attached hydrogens (tertiary/aromatic N) is 4. The maximum atomic E-state index is 12.2. The van der Waals surface area contributed by atoms with E-state index in [1.165, 1.54) is 17.3 Å². The number of hydrogen-bond donors (Lipinski definition) is 1. The van der Waals surface area contributed by atoms with Crippen molar-refractivity contribution in [2.75, 3.05) is 5.75 Å². The number of benzene rings is 2. The van der Waals surface area contributed by atoms with Crippen LogP contribution in [0.4, 0.5) is 0 Å². The molecular weight excluding hydrogens is 382 g/mol. The first-order valence-corrected chi connectivity index (χ1v) is 10.1. The molecule has 0 atom stereocenters. The molecule has 1 N–H and O–H groups in total. The monoisotopic (exact) mass is 401 g/mol. The fraction of sp³-hybridized carbons (Fsp3) is 0.0909. The van der Waals surface area contributed by atoms with Crippen LogP contribution in [-0.2, 0) is 11.3 Å². The van der Waals surface area contributed by atoms with Crippen LogP contribution in [0.5, 0.6) is 0 Å². The zero-order valence-corrected chi connectivity index (χ0v) is 16.4. The van der Waals surface area contributed by atoms with E-state index in [9.17, 15) is 4.79 Å². The topological polar surface area (TPSA) is 72.2 Å². The SMILES string of the molecule is O=C(CSc1nc2ccccc2n1Cc1ccccc1)N/N=C\c1cccnc1. The molecule has 0 saturated carbocycles. The predicted molar refractivity (Wildman–Crippen MR) is 116 cm³/mol. The van der Waals surface area contributed by atoms with E-state index in [1.54, 1.807) is 18.6 Å². The number of hydrogen-bond acceptors (Lipinski definition) is 5. The summed E-state index contributed by atoms with van der Waals surface area (Å²) in [4.78, 5) is 20.9. The molecule has 0 spiro atoms. The van der Waals surface area contributed by atoms with Gasteiger partial charge in [0.05, 0.1) is 29.5 Å². The van der Waals surface area contributed by atoms with Gasteiger partial charge in [0, 0.05) is 18.0 Å². The summed E-state index contributed by atoms with van der Waals surface area (Å²) in [6.07, 6.45) is 4.94. The second-order valence-corrected chi connectivity index (χ2v) is 7.27. The van der Waals surface area contributed by atoms with Gasteiger partial charge in [0.1, 0.15) is 0 Å². The molecule has 0 bridgehead atoms. The molecule has 0 aliphatic carbocycles. The Labute approximate surface area is 172 Å². The van der Waals surface area contributed by atoms with Crippen molar-refractivity contribution >= 4 is 34.9 Å². The van der Waals surface area contributed by atoms with Crippen molar-refractivity contribution in [3.63, 3.8) is 0 Å². The summed E-state index contributed by atoms with van der Waals surface area (Å²) >= 11 is 1.40. The number of pyridine rings is 1. The van der Waals surface area contributed by atoms with Crippen LogP contribution < -0.4 is 5.43 Å². The minimum atomic E-state index is -0.187. The van der Waals surface area contributed by atoms with Gasteiger partial charge in [-0.3, -0.25) is 9.78 Å². The Bertz CT molecular complexity index is 1130. The number of rotatable bonds is 7. The normalized spacial score (nSPS) is 11.2. The number of hydrazone groups is 1. The molecule has 0 radical (unpaired) electrons. The number of carbonyl (C=O) groups excluding carboxylic acids is 1. The molecule has 4 rings (SSSR count). The zero-order chi connectivity index (χ0) is 19.9. The molecule has 0 aliphatic heterocycles. The molecule has 6 nitrogen and oxygen atoms in total. The van der Waals surface area contributed by atoms with Gasteiger partial charge in [-0.25, -0.2) is 10.4 Å². The summed E-state index contributed by atoms with van der Waals surface area (Å²) in [5, 5.41) is 4.79. The molecule has 4 aromatic rings. The van der Waals surface area contributed by atoms with E-state index in [-0.39, 0.29) is 11.7 Å². The minimum absolute atomic E-state index is 0.187. The van der Waals surface area contributed by atoms with Gasteiger partial charge in [-0.2, -0.15) is 5.10 Å². The van der Waals surface area contributed by atoms with Crippen LogP contribution in [0.1, 0.15) is 11.1 Å². The third-order valence-electron chi connectivity index (χ3n) is 4.22. The number of nitrogens with one attached hydrogen (secondary N) is 1. The Kier molecular flexibility index (Phi) is 5.97.